The fourth-order valence-electron chi connectivity index (χ4n) is 4.17. The smallest absolute Gasteiger partial charge is 0.257 e. The maximum Gasteiger partial charge on any atom is 0.257 e. The van der Waals surface area contributed by atoms with Crippen molar-refractivity contribution in [3.8, 4) is 5.75 Å². The minimum Gasteiger partial charge on any atom is -0.497 e. The molecule has 0 unspecified atom stereocenters. The van der Waals surface area contributed by atoms with Gasteiger partial charge < -0.3 is 9.64 Å². The summed E-state index contributed by atoms with van der Waals surface area (Å²) < 4.78 is 19.7. The predicted octanol–water partition coefficient (Wildman–Crippen LogP) is 2.68. The van der Waals surface area contributed by atoms with Crippen molar-refractivity contribution >= 4 is 17.5 Å². The summed E-state index contributed by atoms with van der Waals surface area (Å²) in [5.74, 6) is 0.278. The van der Waals surface area contributed by atoms with Crippen LogP contribution in [0.25, 0.3) is 0 Å². The zero-order valence-electron chi connectivity index (χ0n) is 18.3. The first kappa shape index (κ1) is 22.0. The molecule has 0 aliphatic carbocycles. The molecule has 0 radical (unpaired) electrons. The maximum atomic E-state index is 14.4. The van der Waals surface area contributed by atoms with Gasteiger partial charge in [-0.05, 0) is 23.8 Å². The quantitative estimate of drug-likeness (QED) is 0.720. The third kappa shape index (κ3) is 4.65. The van der Waals surface area contributed by atoms with Gasteiger partial charge in [0.2, 0.25) is 5.91 Å². The van der Waals surface area contributed by atoms with Crippen molar-refractivity contribution in [3.05, 3.63) is 65.5 Å². The minimum absolute atomic E-state index is 0.0502. The van der Waals surface area contributed by atoms with Crippen molar-refractivity contribution in [3.63, 3.8) is 0 Å². The van der Waals surface area contributed by atoms with Gasteiger partial charge in [0.25, 0.3) is 5.91 Å². The Bertz CT molecular complexity index is 1020. The number of hydrazone groups is 1. The number of amides is 2. The molecule has 7 nitrogen and oxygen atoms in total. The van der Waals surface area contributed by atoms with E-state index >= 15 is 0 Å². The molecule has 2 aliphatic heterocycles. The standard InChI is InChI=1S/C24H27FN4O3/c1-17(30)28-13-11-27(12-14-28)16-24(31)29-23(18-7-9-19(32-2)10-8-18)15-22(26-29)20-5-3-4-6-21(20)25/h3-10,23H,11-16H2,1-2H3/t23-/m1/s1. The van der Waals surface area contributed by atoms with Gasteiger partial charge in [-0.1, -0.05) is 30.3 Å². The number of carbonyl (C=O) groups is 2. The number of nitrogens with zero attached hydrogens (tertiary/aromatic N) is 4. The molecule has 4 rings (SSSR count). The maximum absolute atomic E-state index is 14.4. The number of rotatable bonds is 5. The summed E-state index contributed by atoms with van der Waals surface area (Å²) in [6.07, 6.45) is 0.428. The lowest BCUT2D eigenvalue weighted by atomic mass is 9.98. The van der Waals surface area contributed by atoms with Crippen LogP contribution in [0.3, 0.4) is 0 Å². The van der Waals surface area contributed by atoms with Crippen LogP contribution in [0, 0.1) is 5.82 Å². The highest BCUT2D eigenvalue weighted by molar-refractivity contribution is 6.03. The first-order valence-electron chi connectivity index (χ1n) is 10.7. The zero-order chi connectivity index (χ0) is 22.7. The summed E-state index contributed by atoms with van der Waals surface area (Å²) in [7, 11) is 1.60. The second-order valence-electron chi connectivity index (χ2n) is 8.04. The fourth-order valence-corrected chi connectivity index (χ4v) is 4.17. The second-order valence-corrected chi connectivity index (χ2v) is 8.04. The van der Waals surface area contributed by atoms with E-state index in [1.807, 2.05) is 29.2 Å². The summed E-state index contributed by atoms with van der Waals surface area (Å²) in [6.45, 7) is 4.24. The lowest BCUT2D eigenvalue weighted by molar-refractivity contribution is -0.135. The van der Waals surface area contributed by atoms with Crippen LogP contribution in [0.4, 0.5) is 4.39 Å². The first-order valence-corrected chi connectivity index (χ1v) is 10.7. The Kier molecular flexibility index (Phi) is 6.50. The fraction of sp³-hybridized carbons (Fsp3) is 0.375. The summed E-state index contributed by atoms with van der Waals surface area (Å²) in [5, 5.41) is 6.05. The number of carbonyl (C=O) groups excluding carboxylic acids is 2. The Morgan fingerprint density at radius 2 is 1.75 bits per heavy atom. The van der Waals surface area contributed by atoms with Gasteiger partial charge in [0.15, 0.2) is 0 Å². The molecule has 0 saturated carbocycles. The lowest BCUT2D eigenvalue weighted by Crippen LogP contribution is -2.50. The SMILES string of the molecule is COc1ccc([C@H]2CC(c3ccccc3F)=NN2C(=O)CN2CCN(C(C)=O)CC2)cc1. The number of methoxy groups -OCH3 is 1. The molecule has 2 heterocycles. The molecule has 1 fully saturated rings. The average Bonchev–Trinajstić information content (AvgIpc) is 3.25. The number of halogens is 1. The van der Waals surface area contributed by atoms with Gasteiger partial charge in [0.05, 0.1) is 25.4 Å². The Balaban J connectivity index is 1.55. The minimum atomic E-state index is -0.352. The van der Waals surface area contributed by atoms with Crippen molar-refractivity contribution in [2.24, 2.45) is 5.10 Å². The van der Waals surface area contributed by atoms with E-state index in [0.29, 0.717) is 43.9 Å². The molecule has 0 spiro atoms. The van der Waals surface area contributed by atoms with E-state index in [1.165, 1.54) is 11.1 Å². The van der Waals surface area contributed by atoms with Gasteiger partial charge in [-0.15, -0.1) is 0 Å². The second kappa shape index (κ2) is 9.48. The summed E-state index contributed by atoms with van der Waals surface area (Å²) in [6, 6.07) is 13.7. The summed E-state index contributed by atoms with van der Waals surface area (Å²) in [4.78, 5) is 28.6. The molecule has 0 bridgehead atoms. The van der Waals surface area contributed by atoms with Crippen LogP contribution in [0.5, 0.6) is 5.75 Å². The normalized spacial score (nSPS) is 19.1. The third-order valence-corrected chi connectivity index (χ3v) is 6.03. The van der Waals surface area contributed by atoms with Crippen LogP contribution in [0.15, 0.2) is 53.6 Å². The van der Waals surface area contributed by atoms with E-state index in [1.54, 1.807) is 37.1 Å². The molecule has 1 atom stereocenters. The van der Waals surface area contributed by atoms with Crippen LogP contribution in [0.1, 0.15) is 30.5 Å². The number of piperazine rings is 1. The zero-order valence-corrected chi connectivity index (χ0v) is 18.3. The predicted molar refractivity (Wildman–Crippen MR) is 119 cm³/mol. The van der Waals surface area contributed by atoms with E-state index in [9.17, 15) is 14.0 Å². The highest BCUT2D eigenvalue weighted by atomic mass is 19.1. The number of benzene rings is 2. The van der Waals surface area contributed by atoms with Crippen LogP contribution in [-0.4, -0.2) is 72.2 Å². The first-order chi connectivity index (χ1) is 15.5. The summed E-state index contributed by atoms with van der Waals surface area (Å²) in [5.41, 5.74) is 1.88. The van der Waals surface area contributed by atoms with Crippen LogP contribution < -0.4 is 4.74 Å². The topological polar surface area (TPSA) is 65.5 Å². The monoisotopic (exact) mass is 438 g/mol. The number of hydrogen-bond acceptors (Lipinski definition) is 5. The molecular weight excluding hydrogens is 411 g/mol. The van der Waals surface area contributed by atoms with Gasteiger partial charge in [0.1, 0.15) is 11.6 Å². The van der Waals surface area contributed by atoms with E-state index < -0.39 is 0 Å². The van der Waals surface area contributed by atoms with Gasteiger partial charge >= 0.3 is 0 Å². The largest absolute Gasteiger partial charge is 0.497 e. The van der Waals surface area contributed by atoms with E-state index in [4.69, 9.17) is 4.74 Å². The van der Waals surface area contributed by atoms with Gasteiger partial charge in [-0.25, -0.2) is 9.40 Å². The van der Waals surface area contributed by atoms with Crippen LogP contribution in [0.2, 0.25) is 0 Å². The lowest BCUT2D eigenvalue weighted by Gasteiger charge is -2.34. The molecule has 2 aliphatic rings. The van der Waals surface area contributed by atoms with Gasteiger partial charge in [0, 0.05) is 45.1 Å². The van der Waals surface area contributed by atoms with Crippen LogP contribution >= 0.6 is 0 Å². The van der Waals surface area contributed by atoms with Crippen molar-refractivity contribution < 1.29 is 18.7 Å². The molecule has 1 saturated heterocycles. The van der Waals surface area contributed by atoms with Gasteiger partial charge in [-0.2, -0.15) is 5.10 Å². The molecule has 32 heavy (non-hydrogen) atoms. The Morgan fingerprint density at radius 1 is 1.06 bits per heavy atom. The van der Waals surface area contributed by atoms with Crippen molar-refractivity contribution in [1.82, 2.24) is 14.8 Å². The van der Waals surface area contributed by atoms with Crippen molar-refractivity contribution in [2.45, 2.75) is 19.4 Å². The number of ether oxygens (including phenoxy) is 1. The highest BCUT2D eigenvalue weighted by Crippen LogP contribution is 2.34. The Morgan fingerprint density at radius 3 is 2.38 bits per heavy atom. The van der Waals surface area contributed by atoms with Crippen molar-refractivity contribution in [1.29, 1.82) is 0 Å². The molecule has 168 valence electrons. The van der Waals surface area contributed by atoms with Crippen LogP contribution in [-0.2, 0) is 9.59 Å². The Labute approximate surface area is 187 Å². The Hall–Kier alpha value is -3.26. The molecular formula is C24H27FN4O3. The van der Waals surface area contributed by atoms with Gasteiger partial charge in [-0.3, -0.25) is 14.5 Å². The van der Waals surface area contributed by atoms with E-state index in [2.05, 4.69) is 5.10 Å². The molecule has 2 amide bonds. The molecule has 8 heteroatoms. The molecule has 0 N–H and O–H groups in total. The molecule has 0 aromatic heterocycles. The summed E-state index contributed by atoms with van der Waals surface area (Å²) >= 11 is 0. The number of hydrogen-bond donors (Lipinski definition) is 0. The van der Waals surface area contributed by atoms with Crippen molar-refractivity contribution in [2.75, 3.05) is 39.8 Å². The average molecular weight is 439 g/mol. The molecule has 2 aromatic rings. The van der Waals surface area contributed by atoms with E-state index in [-0.39, 0.29) is 30.2 Å². The molecule has 2 aromatic carbocycles. The third-order valence-electron chi connectivity index (χ3n) is 6.03. The highest BCUT2D eigenvalue weighted by Gasteiger charge is 2.35. The van der Waals surface area contributed by atoms with E-state index in [0.717, 1.165) is 11.3 Å².